The van der Waals surface area contributed by atoms with Crippen molar-refractivity contribution in [2.24, 2.45) is 0 Å². The molecule has 0 fully saturated rings. The quantitative estimate of drug-likeness (QED) is 0.819. The molecule has 0 aliphatic carbocycles. The van der Waals surface area contributed by atoms with Gasteiger partial charge in [-0.1, -0.05) is 6.07 Å². The zero-order chi connectivity index (χ0) is 14.0. The van der Waals surface area contributed by atoms with Crippen molar-refractivity contribution in [3.8, 4) is 0 Å². The third kappa shape index (κ3) is 3.89. The maximum absolute atomic E-state index is 12.3. The largest absolute Gasteiger partial charge is 0.399 e. The molecule has 1 aromatic carbocycles. The highest BCUT2D eigenvalue weighted by molar-refractivity contribution is 7.90. The zero-order valence-electron chi connectivity index (χ0n) is 11.3. The predicted octanol–water partition coefficient (Wildman–Crippen LogP) is 1.73. The average Bonchev–Trinajstić information content (AvgIpc) is 2.13. The first-order valence-electron chi connectivity index (χ1n) is 5.83. The van der Waals surface area contributed by atoms with Crippen molar-refractivity contribution in [3.05, 3.63) is 24.3 Å². The Bertz CT molecular complexity index is 506. The molecule has 1 rings (SSSR count). The van der Waals surface area contributed by atoms with E-state index in [1.165, 1.54) is 4.31 Å². The minimum absolute atomic E-state index is 0.342. The van der Waals surface area contributed by atoms with Crippen LogP contribution in [0.1, 0.15) is 27.7 Å². The van der Waals surface area contributed by atoms with Crippen molar-refractivity contribution in [1.82, 2.24) is 4.72 Å². The number of nitrogen functional groups attached to an aromatic ring is 1. The molecule has 0 amide bonds. The molecule has 1 aromatic rings. The van der Waals surface area contributed by atoms with Crippen LogP contribution in [0.4, 0.5) is 11.4 Å². The highest BCUT2D eigenvalue weighted by atomic mass is 32.2. The highest BCUT2D eigenvalue weighted by Gasteiger charge is 2.26. The van der Waals surface area contributed by atoms with E-state index in [1.54, 1.807) is 52.0 Å². The molecule has 5 nitrogen and oxygen atoms in total. The Labute approximate surface area is 109 Å². The molecule has 3 N–H and O–H groups in total. The molecular weight excluding hydrogens is 250 g/mol. The van der Waals surface area contributed by atoms with E-state index in [9.17, 15) is 8.42 Å². The van der Waals surface area contributed by atoms with Gasteiger partial charge in [0, 0.05) is 17.8 Å². The Morgan fingerprint density at radius 1 is 1.33 bits per heavy atom. The Balaban J connectivity index is 3.11. The second-order valence-corrected chi connectivity index (χ2v) is 6.71. The summed E-state index contributed by atoms with van der Waals surface area (Å²) in [4.78, 5) is 0. The van der Waals surface area contributed by atoms with Crippen LogP contribution in [0.15, 0.2) is 24.3 Å². The first-order valence-corrected chi connectivity index (χ1v) is 7.27. The summed E-state index contributed by atoms with van der Waals surface area (Å²) in [6, 6.07) is 6.83. The third-order valence-corrected chi connectivity index (χ3v) is 4.09. The van der Waals surface area contributed by atoms with Crippen LogP contribution in [-0.4, -0.2) is 20.5 Å². The van der Waals surface area contributed by atoms with Gasteiger partial charge in [0.2, 0.25) is 0 Å². The second kappa shape index (κ2) is 5.16. The van der Waals surface area contributed by atoms with Gasteiger partial charge in [-0.3, -0.25) is 4.31 Å². The number of nitrogens with zero attached hydrogens (tertiary/aromatic N) is 1. The summed E-state index contributed by atoms with van der Waals surface area (Å²) in [5.41, 5.74) is 6.26. The van der Waals surface area contributed by atoms with Crippen molar-refractivity contribution < 1.29 is 8.42 Å². The van der Waals surface area contributed by atoms with Crippen LogP contribution in [0.25, 0.3) is 0 Å². The van der Waals surface area contributed by atoms with E-state index < -0.39 is 15.7 Å². The number of nitrogens with one attached hydrogen (secondary N) is 1. The molecule has 0 bridgehead atoms. The van der Waals surface area contributed by atoms with Crippen LogP contribution in [0.5, 0.6) is 0 Å². The van der Waals surface area contributed by atoms with Crippen LogP contribution < -0.4 is 14.8 Å². The molecule has 0 radical (unpaired) electrons. The number of rotatable bonds is 4. The van der Waals surface area contributed by atoms with Gasteiger partial charge in [-0.2, -0.15) is 13.1 Å². The van der Waals surface area contributed by atoms with Crippen molar-refractivity contribution in [1.29, 1.82) is 0 Å². The van der Waals surface area contributed by atoms with Gasteiger partial charge in [-0.05, 0) is 45.9 Å². The SMILES string of the molecule is CCN(c1cccc(N)c1)S(=O)(=O)NC(C)(C)C. The molecule has 18 heavy (non-hydrogen) atoms. The van der Waals surface area contributed by atoms with Gasteiger partial charge in [0.25, 0.3) is 0 Å². The molecule has 0 saturated carbocycles. The smallest absolute Gasteiger partial charge is 0.302 e. The summed E-state index contributed by atoms with van der Waals surface area (Å²) >= 11 is 0. The van der Waals surface area contributed by atoms with Crippen molar-refractivity contribution in [2.45, 2.75) is 33.2 Å². The summed E-state index contributed by atoms with van der Waals surface area (Å²) in [6.07, 6.45) is 0. The average molecular weight is 271 g/mol. The standard InChI is InChI=1S/C12H21N3O2S/c1-5-15(11-8-6-7-10(13)9-11)18(16,17)14-12(2,3)4/h6-9,14H,5,13H2,1-4H3. The second-order valence-electron chi connectivity index (χ2n) is 5.12. The summed E-state index contributed by atoms with van der Waals surface area (Å²) in [5.74, 6) is 0. The van der Waals surface area contributed by atoms with Crippen molar-refractivity contribution in [3.63, 3.8) is 0 Å². The number of benzene rings is 1. The normalized spacial score (nSPS) is 12.4. The van der Waals surface area contributed by atoms with Gasteiger partial charge >= 0.3 is 10.2 Å². The number of nitrogens with two attached hydrogens (primary N) is 1. The summed E-state index contributed by atoms with van der Waals surface area (Å²) in [6.45, 7) is 7.53. The van der Waals surface area contributed by atoms with Gasteiger partial charge < -0.3 is 5.73 Å². The van der Waals surface area contributed by atoms with Gasteiger partial charge in [-0.15, -0.1) is 0 Å². The molecule has 102 valence electrons. The molecule has 0 aliphatic rings. The maximum atomic E-state index is 12.3. The van der Waals surface area contributed by atoms with Crippen LogP contribution in [-0.2, 0) is 10.2 Å². The molecule has 0 spiro atoms. The predicted molar refractivity (Wildman–Crippen MR) is 75.7 cm³/mol. The number of hydrogen-bond acceptors (Lipinski definition) is 3. The van der Waals surface area contributed by atoms with Gasteiger partial charge in [0.1, 0.15) is 0 Å². The van der Waals surface area contributed by atoms with Gasteiger partial charge in [-0.25, -0.2) is 0 Å². The van der Waals surface area contributed by atoms with Crippen LogP contribution in [0.2, 0.25) is 0 Å². The lowest BCUT2D eigenvalue weighted by Crippen LogP contribution is -2.49. The van der Waals surface area contributed by atoms with Crippen LogP contribution >= 0.6 is 0 Å². The number of anilines is 2. The number of hydrogen-bond donors (Lipinski definition) is 2. The van der Waals surface area contributed by atoms with E-state index in [-0.39, 0.29) is 0 Å². The molecular formula is C12H21N3O2S. The lowest BCUT2D eigenvalue weighted by molar-refractivity contribution is 0.489. The molecule has 0 unspecified atom stereocenters. The van der Waals surface area contributed by atoms with Crippen molar-refractivity contribution >= 4 is 21.6 Å². The van der Waals surface area contributed by atoms with E-state index >= 15 is 0 Å². The first-order chi connectivity index (χ1) is 8.15. The summed E-state index contributed by atoms with van der Waals surface area (Å²) in [5, 5.41) is 0. The molecule has 0 aromatic heterocycles. The summed E-state index contributed by atoms with van der Waals surface area (Å²) in [7, 11) is -3.57. The van der Waals surface area contributed by atoms with E-state index in [4.69, 9.17) is 5.73 Å². The monoisotopic (exact) mass is 271 g/mol. The Morgan fingerprint density at radius 2 is 1.94 bits per heavy atom. The summed E-state index contributed by atoms with van der Waals surface area (Å²) < 4.78 is 28.4. The van der Waals surface area contributed by atoms with Gasteiger partial charge in [0.15, 0.2) is 0 Å². The molecule has 0 atom stereocenters. The van der Waals surface area contributed by atoms with E-state index in [0.717, 1.165) is 0 Å². The lowest BCUT2D eigenvalue weighted by Gasteiger charge is -2.28. The topological polar surface area (TPSA) is 75.4 Å². The minimum atomic E-state index is -3.57. The Hall–Kier alpha value is -1.27. The van der Waals surface area contributed by atoms with E-state index in [2.05, 4.69) is 4.72 Å². The lowest BCUT2D eigenvalue weighted by atomic mass is 10.1. The van der Waals surface area contributed by atoms with Gasteiger partial charge in [0.05, 0.1) is 5.69 Å². The maximum Gasteiger partial charge on any atom is 0.302 e. The molecule has 0 heterocycles. The first kappa shape index (κ1) is 14.8. The third-order valence-electron chi connectivity index (χ3n) is 2.17. The Kier molecular flexibility index (Phi) is 4.24. The van der Waals surface area contributed by atoms with Crippen LogP contribution in [0.3, 0.4) is 0 Å². The minimum Gasteiger partial charge on any atom is -0.399 e. The Morgan fingerprint density at radius 3 is 2.39 bits per heavy atom. The fourth-order valence-electron chi connectivity index (χ4n) is 1.61. The molecule has 6 heteroatoms. The fraction of sp³-hybridized carbons (Fsp3) is 0.500. The van der Waals surface area contributed by atoms with Crippen LogP contribution in [0, 0.1) is 0 Å². The van der Waals surface area contributed by atoms with E-state index in [0.29, 0.717) is 17.9 Å². The fourth-order valence-corrected chi connectivity index (χ4v) is 3.23. The van der Waals surface area contributed by atoms with Crippen molar-refractivity contribution in [2.75, 3.05) is 16.6 Å². The zero-order valence-corrected chi connectivity index (χ0v) is 12.1. The highest BCUT2D eigenvalue weighted by Crippen LogP contribution is 2.20. The van der Waals surface area contributed by atoms with E-state index in [1.807, 2.05) is 0 Å². The molecule has 0 saturated heterocycles. The molecule has 0 aliphatic heterocycles.